The van der Waals surface area contributed by atoms with Crippen LogP contribution >= 0.6 is 15.9 Å². The molecule has 0 unspecified atom stereocenters. The number of halogens is 1. The molecule has 1 N–H and O–H groups in total. The van der Waals surface area contributed by atoms with Gasteiger partial charge in [0, 0.05) is 40.9 Å². The third-order valence-electron chi connectivity index (χ3n) is 6.51. The van der Waals surface area contributed by atoms with E-state index in [9.17, 15) is 4.79 Å². The molecule has 2 atom stereocenters. The van der Waals surface area contributed by atoms with Crippen molar-refractivity contribution < 1.29 is 4.79 Å². The lowest BCUT2D eigenvalue weighted by molar-refractivity contribution is -0.132. The summed E-state index contributed by atoms with van der Waals surface area (Å²) in [5.41, 5.74) is 5.88. The molecule has 1 aromatic heterocycles. The van der Waals surface area contributed by atoms with E-state index in [0.29, 0.717) is 19.0 Å². The molecular weight excluding hydrogens is 464 g/mol. The monoisotopic (exact) mass is 496 g/mol. The van der Waals surface area contributed by atoms with E-state index in [2.05, 4.69) is 65.0 Å². The van der Waals surface area contributed by atoms with Gasteiger partial charge in [0.1, 0.15) is 6.33 Å². The number of nitrogens with zero attached hydrogens (tertiary/aromatic N) is 3. The Kier molecular flexibility index (Phi) is 6.82. The quantitative estimate of drug-likeness (QED) is 0.626. The molecule has 32 heavy (non-hydrogen) atoms. The lowest BCUT2D eigenvalue weighted by Gasteiger charge is -2.32. The normalized spacial score (nSPS) is 19.5. The van der Waals surface area contributed by atoms with Gasteiger partial charge in [-0.3, -0.25) is 4.79 Å². The lowest BCUT2D eigenvalue weighted by atomic mass is 9.93. The van der Waals surface area contributed by atoms with E-state index in [4.69, 9.17) is 0 Å². The molecule has 170 valence electrons. The molecular formula is C26H33BrN4O. The van der Waals surface area contributed by atoms with Crippen molar-refractivity contribution in [2.24, 2.45) is 0 Å². The van der Waals surface area contributed by atoms with Crippen molar-refractivity contribution in [1.82, 2.24) is 20.2 Å². The summed E-state index contributed by atoms with van der Waals surface area (Å²) in [6.45, 7) is 10.6. The Bertz CT molecular complexity index is 1010. The maximum absolute atomic E-state index is 13.6. The maximum Gasteiger partial charge on any atom is 0.231 e. The molecule has 1 aromatic carbocycles. The number of rotatable bonds is 5. The van der Waals surface area contributed by atoms with E-state index < -0.39 is 0 Å². The van der Waals surface area contributed by atoms with Gasteiger partial charge in [-0.2, -0.15) is 0 Å². The highest BCUT2D eigenvalue weighted by atomic mass is 79.9. The number of amides is 1. The van der Waals surface area contributed by atoms with E-state index in [-0.39, 0.29) is 17.4 Å². The van der Waals surface area contributed by atoms with Gasteiger partial charge < -0.3 is 10.2 Å². The standard InChI is InChI=1S/C26H33BrN4O/c1-17-5-10-22-23(17)24(29-16-28-22)19-11-13-31(14-12-19)25(32)21(15-30-26(2,3)4)18-6-8-20(27)9-7-18/h6-9,11,16-17,21,30H,5,10,12-15H2,1-4H3/t17-,21-/m1/s1. The average molecular weight is 497 g/mol. The van der Waals surface area contributed by atoms with E-state index in [1.54, 1.807) is 6.33 Å². The van der Waals surface area contributed by atoms with E-state index in [1.807, 2.05) is 29.2 Å². The first-order valence-electron chi connectivity index (χ1n) is 11.6. The summed E-state index contributed by atoms with van der Waals surface area (Å²) >= 11 is 3.50. The number of carbonyl (C=O) groups is 1. The summed E-state index contributed by atoms with van der Waals surface area (Å²) in [7, 11) is 0. The van der Waals surface area contributed by atoms with Crippen LogP contribution in [-0.2, 0) is 11.2 Å². The highest BCUT2D eigenvalue weighted by Gasteiger charge is 2.30. The van der Waals surface area contributed by atoms with Crippen molar-refractivity contribution in [2.45, 2.75) is 64.3 Å². The number of aromatic nitrogens is 2. The highest BCUT2D eigenvalue weighted by molar-refractivity contribution is 9.10. The van der Waals surface area contributed by atoms with Gasteiger partial charge in [0.2, 0.25) is 5.91 Å². The lowest BCUT2D eigenvalue weighted by Crippen LogP contribution is -2.45. The molecule has 6 heteroatoms. The molecule has 0 saturated carbocycles. The van der Waals surface area contributed by atoms with E-state index >= 15 is 0 Å². The molecule has 1 amide bonds. The van der Waals surface area contributed by atoms with Gasteiger partial charge in [-0.15, -0.1) is 0 Å². The third kappa shape index (κ3) is 5.12. The number of fused-ring (bicyclic) bond motifs is 1. The van der Waals surface area contributed by atoms with Crippen LogP contribution in [0.1, 0.15) is 74.9 Å². The molecule has 4 rings (SSSR count). The smallest absolute Gasteiger partial charge is 0.231 e. The fraction of sp³-hybridized carbons (Fsp3) is 0.500. The second-order valence-electron chi connectivity index (χ2n) is 10.0. The summed E-state index contributed by atoms with van der Waals surface area (Å²) in [6.07, 6.45) is 6.92. The van der Waals surface area contributed by atoms with Crippen molar-refractivity contribution in [3.63, 3.8) is 0 Å². The second-order valence-corrected chi connectivity index (χ2v) is 10.9. The van der Waals surface area contributed by atoms with E-state index in [1.165, 1.54) is 16.8 Å². The zero-order valence-corrected chi connectivity index (χ0v) is 21.1. The van der Waals surface area contributed by atoms with Crippen LogP contribution in [0.5, 0.6) is 0 Å². The molecule has 0 spiro atoms. The SMILES string of the molecule is C[C@@H]1CCc2ncnc(C3=CCN(C(=O)[C@H](CNC(C)(C)C)c4ccc(Br)cc4)CC3)c21. The number of aryl methyl sites for hydroxylation is 1. The van der Waals surface area contributed by atoms with Crippen LogP contribution in [0.15, 0.2) is 41.1 Å². The van der Waals surface area contributed by atoms with Crippen LogP contribution in [0, 0.1) is 0 Å². The number of hydrogen-bond donors (Lipinski definition) is 1. The number of hydrogen-bond acceptors (Lipinski definition) is 4. The first-order chi connectivity index (χ1) is 15.2. The van der Waals surface area contributed by atoms with Crippen molar-refractivity contribution in [1.29, 1.82) is 0 Å². The summed E-state index contributed by atoms with van der Waals surface area (Å²) in [6, 6.07) is 8.12. The van der Waals surface area contributed by atoms with Gasteiger partial charge in [-0.05, 0) is 69.2 Å². The predicted molar refractivity (Wildman–Crippen MR) is 133 cm³/mol. The second kappa shape index (κ2) is 9.44. The Balaban J connectivity index is 1.53. The van der Waals surface area contributed by atoms with Gasteiger partial charge >= 0.3 is 0 Å². The average Bonchev–Trinajstić information content (AvgIpc) is 3.15. The van der Waals surface area contributed by atoms with Crippen LogP contribution in [0.2, 0.25) is 0 Å². The Morgan fingerprint density at radius 1 is 1.22 bits per heavy atom. The van der Waals surface area contributed by atoms with Gasteiger partial charge in [0.15, 0.2) is 0 Å². The highest BCUT2D eigenvalue weighted by Crippen LogP contribution is 2.37. The van der Waals surface area contributed by atoms with Gasteiger partial charge in [-0.25, -0.2) is 9.97 Å². The molecule has 1 aliphatic heterocycles. The van der Waals surface area contributed by atoms with Crippen LogP contribution < -0.4 is 5.32 Å². The topological polar surface area (TPSA) is 58.1 Å². The Labute approximate surface area is 199 Å². The zero-order valence-electron chi connectivity index (χ0n) is 19.5. The van der Waals surface area contributed by atoms with Crippen LogP contribution in [0.25, 0.3) is 5.57 Å². The summed E-state index contributed by atoms with van der Waals surface area (Å²) in [4.78, 5) is 24.7. The summed E-state index contributed by atoms with van der Waals surface area (Å²) < 4.78 is 1.02. The van der Waals surface area contributed by atoms with Gasteiger partial charge in [0.05, 0.1) is 11.6 Å². The summed E-state index contributed by atoms with van der Waals surface area (Å²) in [5, 5.41) is 3.53. The molecule has 2 aromatic rings. The maximum atomic E-state index is 13.6. The van der Waals surface area contributed by atoms with Crippen LogP contribution in [0.3, 0.4) is 0 Å². The van der Waals surface area contributed by atoms with Crippen molar-refractivity contribution in [3.05, 3.63) is 63.7 Å². The number of benzene rings is 1. The molecule has 0 fully saturated rings. The Morgan fingerprint density at radius 3 is 2.62 bits per heavy atom. The number of nitrogens with one attached hydrogen (secondary N) is 1. The van der Waals surface area contributed by atoms with Crippen molar-refractivity contribution >= 4 is 27.4 Å². The molecule has 0 bridgehead atoms. The van der Waals surface area contributed by atoms with Gasteiger partial charge in [-0.1, -0.05) is 41.1 Å². The molecule has 2 aliphatic rings. The first kappa shape index (κ1) is 23.1. The Morgan fingerprint density at radius 2 is 1.97 bits per heavy atom. The Hall–Kier alpha value is -2.05. The fourth-order valence-corrected chi connectivity index (χ4v) is 4.92. The van der Waals surface area contributed by atoms with Crippen molar-refractivity contribution in [2.75, 3.05) is 19.6 Å². The molecule has 2 heterocycles. The third-order valence-corrected chi connectivity index (χ3v) is 7.03. The molecule has 0 radical (unpaired) electrons. The predicted octanol–water partition coefficient (Wildman–Crippen LogP) is 5.08. The van der Waals surface area contributed by atoms with Crippen LogP contribution in [-0.4, -0.2) is 45.9 Å². The largest absolute Gasteiger partial charge is 0.338 e. The number of carbonyl (C=O) groups excluding carboxylic acids is 1. The fourth-order valence-electron chi connectivity index (χ4n) is 4.66. The molecule has 0 saturated heterocycles. The summed E-state index contributed by atoms with van der Waals surface area (Å²) in [5.74, 6) is 0.480. The minimum Gasteiger partial charge on any atom is -0.338 e. The minimum atomic E-state index is -0.208. The minimum absolute atomic E-state index is 0.0487. The van der Waals surface area contributed by atoms with Crippen molar-refractivity contribution in [3.8, 4) is 0 Å². The van der Waals surface area contributed by atoms with E-state index in [0.717, 1.165) is 41.5 Å². The molecule has 1 aliphatic carbocycles. The molecule has 5 nitrogen and oxygen atoms in total. The van der Waals surface area contributed by atoms with Gasteiger partial charge in [0.25, 0.3) is 0 Å². The zero-order chi connectivity index (χ0) is 22.9. The first-order valence-corrected chi connectivity index (χ1v) is 12.3. The van der Waals surface area contributed by atoms with Crippen LogP contribution in [0.4, 0.5) is 0 Å².